The third-order valence-corrected chi connectivity index (χ3v) is 2.79. The summed E-state index contributed by atoms with van der Waals surface area (Å²) in [5.41, 5.74) is 5.73. The maximum absolute atomic E-state index is 8.75. The molecule has 1 aromatic heterocycles. The van der Waals surface area contributed by atoms with E-state index in [1.807, 2.05) is 0 Å². The summed E-state index contributed by atoms with van der Waals surface area (Å²) in [7, 11) is 0. The molecule has 1 aromatic rings. The van der Waals surface area contributed by atoms with Gasteiger partial charge < -0.3 is 10.6 Å². The first-order valence-corrected chi connectivity index (χ1v) is 6.54. The molecule has 0 saturated heterocycles. The highest BCUT2D eigenvalue weighted by Crippen LogP contribution is 2.24. The van der Waals surface area contributed by atoms with Gasteiger partial charge in [0.05, 0.1) is 12.5 Å². The predicted octanol–water partition coefficient (Wildman–Crippen LogP) is 2.48. The minimum Gasteiger partial charge on any atom is -0.384 e. The number of nitrogens with two attached hydrogens (primary N) is 1. The van der Waals surface area contributed by atoms with Gasteiger partial charge in [-0.25, -0.2) is 9.97 Å². The van der Waals surface area contributed by atoms with E-state index in [9.17, 15) is 0 Å². The number of hydrogen-bond donors (Lipinski definition) is 1. The lowest BCUT2D eigenvalue weighted by Gasteiger charge is -2.28. The zero-order valence-electron chi connectivity index (χ0n) is 12.4. The van der Waals surface area contributed by atoms with Crippen LogP contribution in [0.4, 0.5) is 11.6 Å². The Morgan fingerprint density at radius 3 is 2.47 bits per heavy atom. The van der Waals surface area contributed by atoms with Gasteiger partial charge in [0.1, 0.15) is 17.5 Å². The maximum Gasteiger partial charge on any atom is 0.138 e. The Kier molecular flexibility index (Phi) is 4.71. The van der Waals surface area contributed by atoms with Crippen LogP contribution in [-0.4, -0.2) is 22.6 Å². The molecule has 0 fully saturated rings. The van der Waals surface area contributed by atoms with Gasteiger partial charge in [-0.2, -0.15) is 5.26 Å². The summed E-state index contributed by atoms with van der Waals surface area (Å²) in [5, 5.41) is 8.75. The normalized spacial score (nSPS) is 11.4. The average molecular weight is 261 g/mol. The average Bonchev–Trinajstić information content (AvgIpc) is 2.27. The van der Waals surface area contributed by atoms with E-state index in [0.29, 0.717) is 18.8 Å². The summed E-state index contributed by atoms with van der Waals surface area (Å²) in [6.45, 7) is 11.0. The molecule has 0 bridgehead atoms. The van der Waals surface area contributed by atoms with Crippen molar-refractivity contribution in [2.45, 2.75) is 52.5 Å². The van der Waals surface area contributed by atoms with Crippen LogP contribution in [0.15, 0.2) is 6.07 Å². The van der Waals surface area contributed by atoms with E-state index >= 15 is 0 Å². The maximum atomic E-state index is 8.75. The molecule has 0 amide bonds. The highest BCUT2D eigenvalue weighted by Gasteiger charge is 2.21. The molecule has 1 rings (SSSR count). The van der Waals surface area contributed by atoms with Crippen LogP contribution >= 0.6 is 0 Å². The molecule has 5 nitrogen and oxygen atoms in total. The molecule has 0 saturated carbocycles. The van der Waals surface area contributed by atoms with Gasteiger partial charge in [0.15, 0.2) is 0 Å². The first-order chi connectivity index (χ1) is 8.75. The van der Waals surface area contributed by atoms with E-state index in [4.69, 9.17) is 11.0 Å². The summed E-state index contributed by atoms with van der Waals surface area (Å²) in [5.74, 6) is 1.99. The zero-order valence-corrected chi connectivity index (χ0v) is 12.4. The van der Waals surface area contributed by atoms with Crippen LogP contribution in [0.5, 0.6) is 0 Å². The molecule has 0 aliphatic heterocycles. The van der Waals surface area contributed by atoms with E-state index in [-0.39, 0.29) is 11.5 Å². The van der Waals surface area contributed by atoms with Crippen molar-refractivity contribution in [2.75, 3.05) is 17.2 Å². The molecule has 1 heterocycles. The molecule has 0 aromatic carbocycles. The van der Waals surface area contributed by atoms with Gasteiger partial charge in [0, 0.05) is 24.1 Å². The number of aromatic nitrogens is 2. The van der Waals surface area contributed by atoms with Crippen molar-refractivity contribution in [3.8, 4) is 6.07 Å². The first-order valence-electron chi connectivity index (χ1n) is 6.54. The second kappa shape index (κ2) is 5.87. The lowest BCUT2D eigenvalue weighted by molar-refractivity contribution is 0.543. The molecular weight excluding hydrogens is 238 g/mol. The van der Waals surface area contributed by atoms with Crippen LogP contribution in [0.1, 0.15) is 46.9 Å². The van der Waals surface area contributed by atoms with Crippen molar-refractivity contribution in [1.82, 2.24) is 9.97 Å². The van der Waals surface area contributed by atoms with Gasteiger partial charge in [-0.1, -0.05) is 20.8 Å². The van der Waals surface area contributed by atoms with E-state index < -0.39 is 0 Å². The van der Waals surface area contributed by atoms with Gasteiger partial charge >= 0.3 is 0 Å². The lowest BCUT2D eigenvalue weighted by Crippen LogP contribution is -2.33. The lowest BCUT2D eigenvalue weighted by atomic mass is 9.96. The fourth-order valence-corrected chi connectivity index (χ4v) is 1.74. The second-order valence-corrected chi connectivity index (χ2v) is 5.92. The number of hydrogen-bond acceptors (Lipinski definition) is 5. The van der Waals surface area contributed by atoms with E-state index in [1.165, 1.54) is 0 Å². The highest BCUT2D eigenvalue weighted by atomic mass is 15.2. The molecule has 104 valence electrons. The van der Waals surface area contributed by atoms with Gasteiger partial charge in [0.25, 0.3) is 0 Å². The topological polar surface area (TPSA) is 78.8 Å². The largest absolute Gasteiger partial charge is 0.384 e. The Labute approximate surface area is 115 Å². The standard InChI is InChI=1S/C14H23N5/c1-10(2)19(8-6-7-15)12-9-11(16)17-13(18-12)14(3,4)5/h9-10H,6,8H2,1-5H3,(H2,16,17,18). The third kappa shape index (κ3) is 4.09. The number of nitrogens with zero attached hydrogens (tertiary/aromatic N) is 4. The molecule has 0 atom stereocenters. The van der Waals surface area contributed by atoms with Gasteiger partial charge in [-0.15, -0.1) is 0 Å². The molecule has 2 N–H and O–H groups in total. The first kappa shape index (κ1) is 15.2. The van der Waals surface area contributed by atoms with Crippen LogP contribution in [0.2, 0.25) is 0 Å². The SMILES string of the molecule is CC(C)N(CCC#N)c1cc(N)nc(C(C)(C)C)n1. The van der Waals surface area contributed by atoms with Crippen molar-refractivity contribution in [2.24, 2.45) is 0 Å². The molecule has 5 heteroatoms. The number of nitriles is 1. The fraction of sp³-hybridized carbons (Fsp3) is 0.643. The quantitative estimate of drug-likeness (QED) is 0.900. The van der Waals surface area contributed by atoms with E-state index in [2.05, 4.69) is 55.6 Å². The van der Waals surface area contributed by atoms with Gasteiger partial charge in [-0.05, 0) is 13.8 Å². The van der Waals surface area contributed by atoms with Gasteiger partial charge in [0.2, 0.25) is 0 Å². The molecular formula is C14H23N5. The zero-order chi connectivity index (χ0) is 14.6. The van der Waals surface area contributed by atoms with Crippen molar-refractivity contribution in [3.05, 3.63) is 11.9 Å². The van der Waals surface area contributed by atoms with Crippen molar-refractivity contribution >= 4 is 11.6 Å². The summed E-state index contributed by atoms with van der Waals surface area (Å²) < 4.78 is 0. The molecule has 0 unspecified atom stereocenters. The van der Waals surface area contributed by atoms with Crippen LogP contribution in [0, 0.1) is 11.3 Å². The Bertz CT molecular complexity index is 468. The number of nitrogen functional groups attached to an aromatic ring is 1. The predicted molar refractivity (Wildman–Crippen MR) is 77.9 cm³/mol. The fourth-order valence-electron chi connectivity index (χ4n) is 1.74. The Morgan fingerprint density at radius 2 is 2.00 bits per heavy atom. The molecule has 0 spiro atoms. The minimum absolute atomic E-state index is 0.151. The highest BCUT2D eigenvalue weighted by molar-refractivity contribution is 5.48. The van der Waals surface area contributed by atoms with Crippen LogP contribution in [-0.2, 0) is 5.41 Å². The van der Waals surface area contributed by atoms with Crippen LogP contribution < -0.4 is 10.6 Å². The summed E-state index contributed by atoms with van der Waals surface area (Å²) in [6, 6.07) is 4.20. The smallest absolute Gasteiger partial charge is 0.138 e. The number of anilines is 2. The van der Waals surface area contributed by atoms with Crippen LogP contribution in [0.3, 0.4) is 0 Å². The minimum atomic E-state index is -0.151. The number of rotatable bonds is 4. The summed E-state index contributed by atoms with van der Waals surface area (Å²) in [4.78, 5) is 11.0. The van der Waals surface area contributed by atoms with E-state index in [1.54, 1.807) is 6.07 Å². The van der Waals surface area contributed by atoms with Crippen LogP contribution in [0.25, 0.3) is 0 Å². The van der Waals surface area contributed by atoms with Gasteiger partial charge in [-0.3, -0.25) is 0 Å². The monoisotopic (exact) mass is 261 g/mol. The molecule has 0 aliphatic rings. The Morgan fingerprint density at radius 1 is 1.37 bits per heavy atom. The van der Waals surface area contributed by atoms with Crippen molar-refractivity contribution < 1.29 is 0 Å². The van der Waals surface area contributed by atoms with Crippen molar-refractivity contribution in [3.63, 3.8) is 0 Å². The molecule has 0 aliphatic carbocycles. The Balaban J connectivity index is 3.17. The summed E-state index contributed by atoms with van der Waals surface area (Å²) in [6.07, 6.45) is 0.465. The molecule has 0 radical (unpaired) electrons. The second-order valence-electron chi connectivity index (χ2n) is 5.92. The Hall–Kier alpha value is -1.83. The molecule has 19 heavy (non-hydrogen) atoms. The summed E-state index contributed by atoms with van der Waals surface area (Å²) >= 11 is 0. The van der Waals surface area contributed by atoms with Crippen molar-refractivity contribution in [1.29, 1.82) is 5.26 Å². The van der Waals surface area contributed by atoms with E-state index in [0.717, 1.165) is 11.6 Å². The third-order valence-electron chi connectivity index (χ3n) is 2.79.